The number of rotatable bonds is 5. The van der Waals surface area contributed by atoms with Crippen LogP contribution < -0.4 is 4.74 Å². The summed E-state index contributed by atoms with van der Waals surface area (Å²) >= 11 is 0. The molecule has 0 fully saturated rings. The van der Waals surface area contributed by atoms with Crippen molar-refractivity contribution in [3.05, 3.63) is 35.9 Å². The largest absolute Gasteiger partial charge is 0.463 e. The Morgan fingerprint density at radius 3 is 2.88 bits per heavy atom. The van der Waals surface area contributed by atoms with Crippen molar-refractivity contribution in [1.82, 2.24) is 0 Å². The fourth-order valence-corrected chi connectivity index (χ4v) is 1.15. The lowest BCUT2D eigenvalue weighted by molar-refractivity contribution is -0.137. The number of carbonyl (C=O) groups is 1. The van der Waals surface area contributed by atoms with Crippen LogP contribution in [0.2, 0.25) is 0 Å². The fourth-order valence-electron chi connectivity index (χ4n) is 1.15. The van der Waals surface area contributed by atoms with E-state index in [1.165, 1.54) is 24.3 Å². The van der Waals surface area contributed by atoms with Crippen LogP contribution in [0.3, 0.4) is 0 Å². The number of esters is 1. The Hall–Kier alpha value is -1.91. The monoisotopic (exact) mass is 242 g/mol. The molecule has 0 radical (unpaired) electrons. The van der Waals surface area contributed by atoms with Gasteiger partial charge >= 0.3 is 12.6 Å². The van der Waals surface area contributed by atoms with Crippen LogP contribution in [-0.2, 0) is 9.53 Å². The van der Waals surface area contributed by atoms with Crippen molar-refractivity contribution < 1.29 is 23.0 Å². The molecule has 1 aromatic rings. The zero-order valence-electron chi connectivity index (χ0n) is 9.23. The zero-order chi connectivity index (χ0) is 12.7. The Bertz CT molecular complexity index is 402. The molecular weight excluding hydrogens is 230 g/mol. The van der Waals surface area contributed by atoms with Gasteiger partial charge in [-0.2, -0.15) is 8.78 Å². The van der Waals surface area contributed by atoms with Gasteiger partial charge < -0.3 is 9.47 Å². The highest BCUT2D eigenvalue weighted by molar-refractivity contribution is 5.87. The normalized spacial score (nSPS) is 10.8. The second-order valence-electron chi connectivity index (χ2n) is 3.04. The number of hydrogen-bond acceptors (Lipinski definition) is 3. The van der Waals surface area contributed by atoms with Crippen LogP contribution >= 0.6 is 0 Å². The lowest BCUT2D eigenvalue weighted by Gasteiger charge is -2.04. The number of hydrogen-bond donors (Lipinski definition) is 0. The average Bonchev–Trinajstić information content (AvgIpc) is 2.26. The fraction of sp³-hybridized carbons (Fsp3) is 0.250. The third-order valence-electron chi connectivity index (χ3n) is 1.78. The maximum atomic E-state index is 12.0. The van der Waals surface area contributed by atoms with Crippen molar-refractivity contribution in [3.63, 3.8) is 0 Å². The van der Waals surface area contributed by atoms with E-state index in [2.05, 4.69) is 9.47 Å². The minimum atomic E-state index is -2.86. The summed E-state index contributed by atoms with van der Waals surface area (Å²) in [4.78, 5) is 11.0. The van der Waals surface area contributed by atoms with Crippen LogP contribution in [-0.4, -0.2) is 19.2 Å². The van der Waals surface area contributed by atoms with Crippen molar-refractivity contribution in [2.45, 2.75) is 13.5 Å². The third-order valence-corrected chi connectivity index (χ3v) is 1.78. The molecule has 17 heavy (non-hydrogen) atoms. The van der Waals surface area contributed by atoms with E-state index >= 15 is 0 Å². The number of ether oxygens (including phenoxy) is 2. The Kier molecular flexibility index (Phi) is 5.13. The van der Waals surface area contributed by atoms with Crippen LogP contribution in [0.5, 0.6) is 5.75 Å². The summed E-state index contributed by atoms with van der Waals surface area (Å²) in [6.45, 7) is -0.875. The van der Waals surface area contributed by atoms with Crippen molar-refractivity contribution >= 4 is 12.0 Å². The van der Waals surface area contributed by atoms with E-state index in [1.807, 2.05) is 0 Å². The number of benzene rings is 1. The highest BCUT2D eigenvalue weighted by Crippen LogP contribution is 2.16. The second-order valence-corrected chi connectivity index (χ2v) is 3.04. The maximum absolute atomic E-state index is 12.0. The molecule has 0 unspecified atom stereocenters. The van der Waals surface area contributed by atoms with E-state index in [0.29, 0.717) is 5.56 Å². The topological polar surface area (TPSA) is 35.5 Å². The lowest BCUT2D eigenvalue weighted by Crippen LogP contribution is -2.01. The molecule has 0 amide bonds. The van der Waals surface area contributed by atoms with Crippen LogP contribution in [0, 0.1) is 0 Å². The molecule has 0 aliphatic carbocycles. The SMILES string of the molecule is CCOC(=O)C=Cc1cccc(OC(F)F)c1. The number of alkyl halides is 2. The van der Waals surface area contributed by atoms with E-state index in [0.717, 1.165) is 0 Å². The minimum Gasteiger partial charge on any atom is -0.463 e. The van der Waals surface area contributed by atoms with Gasteiger partial charge in [-0.15, -0.1) is 0 Å². The summed E-state index contributed by atoms with van der Waals surface area (Å²) in [6, 6.07) is 6.03. The molecule has 0 saturated carbocycles. The molecule has 0 bridgehead atoms. The van der Waals surface area contributed by atoms with Gasteiger partial charge in [0.05, 0.1) is 6.61 Å². The van der Waals surface area contributed by atoms with Gasteiger partial charge in [0.1, 0.15) is 5.75 Å². The lowest BCUT2D eigenvalue weighted by atomic mass is 10.2. The van der Waals surface area contributed by atoms with Crippen LogP contribution in [0.15, 0.2) is 30.3 Å². The third kappa shape index (κ3) is 5.10. The van der Waals surface area contributed by atoms with E-state index in [1.54, 1.807) is 19.1 Å². The highest BCUT2D eigenvalue weighted by atomic mass is 19.3. The molecule has 92 valence electrons. The molecule has 0 aliphatic heterocycles. The van der Waals surface area contributed by atoms with Crippen molar-refractivity contribution in [3.8, 4) is 5.75 Å². The van der Waals surface area contributed by atoms with Gasteiger partial charge in [0, 0.05) is 6.08 Å². The molecule has 3 nitrogen and oxygen atoms in total. The Morgan fingerprint density at radius 2 is 2.24 bits per heavy atom. The Balaban J connectivity index is 2.68. The minimum absolute atomic E-state index is 0.0472. The molecule has 0 aliphatic rings. The summed E-state index contributed by atoms with van der Waals surface area (Å²) < 4.78 is 32.8. The standard InChI is InChI=1S/C12H12F2O3/c1-2-16-11(15)7-6-9-4-3-5-10(8-9)17-12(13)14/h3-8,12H,2H2,1H3. The second kappa shape index (κ2) is 6.62. The highest BCUT2D eigenvalue weighted by Gasteiger charge is 2.03. The van der Waals surface area contributed by atoms with Crippen molar-refractivity contribution in [2.24, 2.45) is 0 Å². The van der Waals surface area contributed by atoms with E-state index in [-0.39, 0.29) is 12.4 Å². The smallest absolute Gasteiger partial charge is 0.387 e. The Morgan fingerprint density at radius 1 is 1.47 bits per heavy atom. The first-order valence-corrected chi connectivity index (χ1v) is 5.01. The van der Waals surface area contributed by atoms with Crippen LogP contribution in [0.4, 0.5) is 8.78 Å². The molecular formula is C12H12F2O3. The van der Waals surface area contributed by atoms with Gasteiger partial charge in [0.25, 0.3) is 0 Å². The zero-order valence-corrected chi connectivity index (χ0v) is 9.23. The van der Waals surface area contributed by atoms with Crippen molar-refractivity contribution in [1.29, 1.82) is 0 Å². The summed E-state index contributed by atoms with van der Waals surface area (Å²) in [5.41, 5.74) is 0.580. The number of halogens is 2. The molecule has 1 rings (SSSR count). The average molecular weight is 242 g/mol. The maximum Gasteiger partial charge on any atom is 0.387 e. The number of carbonyl (C=O) groups excluding carboxylic acids is 1. The van der Waals surface area contributed by atoms with Gasteiger partial charge in [-0.05, 0) is 30.7 Å². The molecule has 0 saturated heterocycles. The van der Waals surface area contributed by atoms with Gasteiger partial charge in [0.15, 0.2) is 0 Å². The Labute approximate surface area is 97.7 Å². The first-order valence-electron chi connectivity index (χ1n) is 5.01. The summed E-state index contributed by atoms with van der Waals surface area (Å²) in [5, 5.41) is 0. The summed E-state index contributed by atoms with van der Waals surface area (Å²) in [6.07, 6.45) is 2.70. The first-order chi connectivity index (χ1) is 8.11. The molecule has 5 heteroatoms. The van der Waals surface area contributed by atoms with E-state index in [4.69, 9.17) is 0 Å². The quantitative estimate of drug-likeness (QED) is 0.588. The first kappa shape index (κ1) is 13.2. The molecule has 0 aromatic heterocycles. The van der Waals surface area contributed by atoms with Gasteiger partial charge in [-0.3, -0.25) is 0 Å². The summed E-state index contributed by atoms with van der Waals surface area (Å²) in [5.74, 6) is -0.432. The van der Waals surface area contributed by atoms with E-state index < -0.39 is 12.6 Å². The van der Waals surface area contributed by atoms with Gasteiger partial charge in [-0.1, -0.05) is 12.1 Å². The van der Waals surface area contributed by atoms with Gasteiger partial charge in [-0.25, -0.2) is 4.79 Å². The van der Waals surface area contributed by atoms with Crippen molar-refractivity contribution in [2.75, 3.05) is 6.61 Å². The van der Waals surface area contributed by atoms with Crippen LogP contribution in [0.25, 0.3) is 6.08 Å². The van der Waals surface area contributed by atoms with E-state index in [9.17, 15) is 13.6 Å². The van der Waals surface area contributed by atoms with Gasteiger partial charge in [0.2, 0.25) is 0 Å². The molecule has 0 heterocycles. The predicted molar refractivity (Wildman–Crippen MR) is 58.7 cm³/mol. The molecule has 1 aromatic carbocycles. The molecule has 0 atom stereocenters. The molecule has 0 N–H and O–H groups in total. The molecule has 0 spiro atoms. The van der Waals surface area contributed by atoms with Crippen LogP contribution in [0.1, 0.15) is 12.5 Å². The predicted octanol–water partition coefficient (Wildman–Crippen LogP) is 2.86. The summed E-state index contributed by atoms with van der Waals surface area (Å²) in [7, 11) is 0.